The molecule has 0 unspecified atom stereocenters. The number of piperidine rings is 1. The van der Waals surface area contributed by atoms with E-state index < -0.39 is 0 Å². The minimum absolute atomic E-state index is 0.00000583. The molecule has 0 aliphatic carbocycles. The zero-order valence-electron chi connectivity index (χ0n) is 20.3. The van der Waals surface area contributed by atoms with Crippen LogP contribution in [0, 0.1) is 5.92 Å². The van der Waals surface area contributed by atoms with Crippen LogP contribution in [0.4, 0.5) is 11.4 Å². The Kier molecular flexibility index (Phi) is 7.59. The highest BCUT2D eigenvalue weighted by atomic mass is 16.5. The molecular formula is C27H35N5O3. The SMILES string of the molecule is O=C(Nc1ccc(C2CCN(C(=O)CCN3CCOCC3)CC2)cc1)C1CN(c2cccnc2)C1. The van der Waals surface area contributed by atoms with Crippen LogP contribution in [0.3, 0.4) is 0 Å². The van der Waals surface area contributed by atoms with Crippen molar-refractivity contribution in [2.75, 3.05) is 69.2 Å². The predicted molar refractivity (Wildman–Crippen MR) is 135 cm³/mol. The molecule has 1 N–H and O–H groups in total. The highest BCUT2D eigenvalue weighted by Crippen LogP contribution is 2.30. The van der Waals surface area contributed by atoms with Gasteiger partial charge < -0.3 is 19.9 Å². The number of nitrogens with one attached hydrogen (secondary N) is 1. The number of hydrogen-bond donors (Lipinski definition) is 1. The monoisotopic (exact) mass is 477 g/mol. The fourth-order valence-corrected chi connectivity index (χ4v) is 5.18. The third kappa shape index (κ3) is 6.00. The van der Waals surface area contributed by atoms with Gasteiger partial charge in [-0.05, 0) is 48.6 Å². The highest BCUT2D eigenvalue weighted by Gasteiger charge is 2.33. The Morgan fingerprint density at radius 2 is 1.74 bits per heavy atom. The molecule has 186 valence electrons. The smallest absolute Gasteiger partial charge is 0.231 e. The number of amides is 2. The van der Waals surface area contributed by atoms with E-state index in [0.29, 0.717) is 12.3 Å². The highest BCUT2D eigenvalue weighted by molar-refractivity contribution is 5.94. The number of morpholine rings is 1. The van der Waals surface area contributed by atoms with Crippen molar-refractivity contribution >= 4 is 23.2 Å². The van der Waals surface area contributed by atoms with E-state index in [0.717, 1.165) is 83.2 Å². The van der Waals surface area contributed by atoms with Crippen molar-refractivity contribution in [2.24, 2.45) is 5.92 Å². The number of rotatable bonds is 7. The molecular weight excluding hydrogens is 442 g/mol. The van der Waals surface area contributed by atoms with Crippen molar-refractivity contribution in [1.82, 2.24) is 14.8 Å². The van der Waals surface area contributed by atoms with Gasteiger partial charge in [0.05, 0.1) is 31.0 Å². The summed E-state index contributed by atoms with van der Waals surface area (Å²) in [7, 11) is 0. The summed E-state index contributed by atoms with van der Waals surface area (Å²) in [5.74, 6) is 0.801. The topological polar surface area (TPSA) is 78.0 Å². The van der Waals surface area contributed by atoms with Gasteiger partial charge >= 0.3 is 0 Å². The van der Waals surface area contributed by atoms with E-state index in [1.54, 1.807) is 6.20 Å². The second-order valence-electron chi connectivity index (χ2n) is 9.78. The number of anilines is 2. The third-order valence-corrected chi connectivity index (χ3v) is 7.51. The van der Waals surface area contributed by atoms with Gasteiger partial charge in [-0.1, -0.05) is 12.1 Å². The van der Waals surface area contributed by atoms with E-state index in [1.807, 2.05) is 35.4 Å². The Bertz CT molecular complexity index is 980. The largest absolute Gasteiger partial charge is 0.379 e. The molecule has 1 aromatic heterocycles. The first kappa shape index (κ1) is 23.8. The quantitative estimate of drug-likeness (QED) is 0.661. The molecule has 3 saturated heterocycles. The van der Waals surface area contributed by atoms with Gasteiger partial charge in [-0.2, -0.15) is 0 Å². The summed E-state index contributed by atoms with van der Waals surface area (Å²) in [5.41, 5.74) is 3.19. The lowest BCUT2D eigenvalue weighted by Crippen LogP contribution is -2.52. The Morgan fingerprint density at radius 1 is 1.00 bits per heavy atom. The van der Waals surface area contributed by atoms with Crippen LogP contribution in [0.25, 0.3) is 0 Å². The van der Waals surface area contributed by atoms with Crippen LogP contribution in [0.5, 0.6) is 0 Å². The molecule has 35 heavy (non-hydrogen) atoms. The second kappa shape index (κ2) is 11.2. The normalized spacial score (nSPS) is 19.9. The van der Waals surface area contributed by atoms with E-state index in [-0.39, 0.29) is 17.7 Å². The van der Waals surface area contributed by atoms with Gasteiger partial charge in [-0.25, -0.2) is 0 Å². The maximum atomic E-state index is 12.6. The number of pyridine rings is 1. The van der Waals surface area contributed by atoms with Gasteiger partial charge in [-0.3, -0.25) is 19.5 Å². The molecule has 0 atom stereocenters. The number of aromatic nitrogens is 1. The Labute approximate surface area is 207 Å². The van der Waals surface area contributed by atoms with Crippen molar-refractivity contribution in [3.05, 3.63) is 54.4 Å². The van der Waals surface area contributed by atoms with Crippen LogP contribution in [-0.2, 0) is 14.3 Å². The van der Waals surface area contributed by atoms with Crippen LogP contribution >= 0.6 is 0 Å². The second-order valence-corrected chi connectivity index (χ2v) is 9.78. The van der Waals surface area contributed by atoms with Crippen molar-refractivity contribution in [3.8, 4) is 0 Å². The number of carbonyl (C=O) groups is 2. The van der Waals surface area contributed by atoms with Gasteiger partial charge in [0.25, 0.3) is 0 Å². The molecule has 8 heteroatoms. The molecule has 2 aromatic rings. The lowest BCUT2D eigenvalue weighted by molar-refractivity contribution is -0.132. The summed E-state index contributed by atoms with van der Waals surface area (Å²) >= 11 is 0. The fraction of sp³-hybridized carbons (Fsp3) is 0.519. The molecule has 8 nitrogen and oxygen atoms in total. The van der Waals surface area contributed by atoms with E-state index in [9.17, 15) is 9.59 Å². The van der Waals surface area contributed by atoms with Gasteiger partial charge in [0.1, 0.15) is 0 Å². The van der Waals surface area contributed by atoms with Gasteiger partial charge in [0.15, 0.2) is 0 Å². The fourth-order valence-electron chi connectivity index (χ4n) is 5.18. The summed E-state index contributed by atoms with van der Waals surface area (Å²) in [6, 6.07) is 12.2. The average molecular weight is 478 g/mol. The first-order valence-electron chi connectivity index (χ1n) is 12.8. The molecule has 1 aromatic carbocycles. The van der Waals surface area contributed by atoms with Gasteiger partial charge in [0.2, 0.25) is 11.8 Å². The van der Waals surface area contributed by atoms with Gasteiger partial charge in [0, 0.05) is 64.1 Å². The average Bonchev–Trinajstić information content (AvgIpc) is 2.88. The predicted octanol–water partition coefficient (Wildman–Crippen LogP) is 2.58. The van der Waals surface area contributed by atoms with E-state index in [2.05, 4.69) is 32.2 Å². The summed E-state index contributed by atoms with van der Waals surface area (Å²) in [6.07, 6.45) is 6.16. The number of ether oxygens (including phenoxy) is 1. The number of carbonyl (C=O) groups excluding carboxylic acids is 2. The van der Waals surface area contributed by atoms with Crippen molar-refractivity contribution in [2.45, 2.75) is 25.2 Å². The van der Waals surface area contributed by atoms with Crippen LogP contribution in [0.2, 0.25) is 0 Å². The Hall–Kier alpha value is -2.97. The Morgan fingerprint density at radius 3 is 2.43 bits per heavy atom. The van der Waals surface area contributed by atoms with Crippen LogP contribution < -0.4 is 10.2 Å². The van der Waals surface area contributed by atoms with Crippen molar-refractivity contribution < 1.29 is 14.3 Å². The molecule has 3 aliphatic rings. The molecule has 3 fully saturated rings. The minimum atomic E-state index is -0.00000583. The molecule has 0 bridgehead atoms. The molecule has 0 radical (unpaired) electrons. The van der Waals surface area contributed by atoms with Crippen molar-refractivity contribution in [1.29, 1.82) is 0 Å². The molecule has 3 aliphatic heterocycles. The number of nitrogens with zero attached hydrogens (tertiary/aromatic N) is 4. The maximum absolute atomic E-state index is 12.6. The summed E-state index contributed by atoms with van der Waals surface area (Å²) in [5, 5.41) is 3.06. The summed E-state index contributed by atoms with van der Waals surface area (Å²) < 4.78 is 5.38. The molecule has 0 spiro atoms. The van der Waals surface area contributed by atoms with E-state index in [1.165, 1.54) is 5.56 Å². The third-order valence-electron chi connectivity index (χ3n) is 7.51. The molecule has 4 heterocycles. The lowest BCUT2D eigenvalue weighted by Gasteiger charge is -2.39. The minimum Gasteiger partial charge on any atom is -0.379 e. The standard InChI is InChI=1S/C27H35N5O3/c33-26(9-11-30-14-16-35-17-15-30)31-12-7-22(8-13-31)21-3-5-24(6-4-21)29-27(34)23-19-32(20-23)25-2-1-10-28-18-25/h1-6,10,18,22-23H,7-9,11-17,19-20H2,(H,29,34). The van der Waals surface area contributed by atoms with Crippen LogP contribution in [0.1, 0.15) is 30.7 Å². The van der Waals surface area contributed by atoms with Gasteiger partial charge in [-0.15, -0.1) is 0 Å². The number of benzene rings is 1. The molecule has 5 rings (SSSR count). The first-order valence-corrected chi connectivity index (χ1v) is 12.8. The lowest BCUT2D eigenvalue weighted by atomic mass is 9.89. The zero-order chi connectivity index (χ0) is 24.0. The molecule has 2 amide bonds. The Balaban J connectivity index is 1.04. The zero-order valence-corrected chi connectivity index (χ0v) is 20.3. The maximum Gasteiger partial charge on any atom is 0.231 e. The number of likely N-dealkylation sites (tertiary alicyclic amines) is 1. The van der Waals surface area contributed by atoms with E-state index >= 15 is 0 Å². The first-order chi connectivity index (χ1) is 17.2. The summed E-state index contributed by atoms with van der Waals surface area (Å²) in [4.78, 5) is 35.9. The van der Waals surface area contributed by atoms with Crippen LogP contribution in [0.15, 0.2) is 48.8 Å². The molecule has 0 saturated carbocycles. The number of hydrogen-bond acceptors (Lipinski definition) is 6. The van der Waals surface area contributed by atoms with E-state index in [4.69, 9.17) is 4.74 Å². The summed E-state index contributed by atoms with van der Waals surface area (Å²) in [6.45, 7) is 7.31. The van der Waals surface area contributed by atoms with Crippen molar-refractivity contribution in [3.63, 3.8) is 0 Å². The van der Waals surface area contributed by atoms with Crippen LogP contribution in [-0.4, -0.2) is 85.6 Å².